The number of hydrogen-bond donors (Lipinski definition) is 1. The van der Waals surface area contributed by atoms with Gasteiger partial charge in [0.05, 0.1) is 7.11 Å². The van der Waals surface area contributed by atoms with E-state index in [1.807, 2.05) is 0 Å². The van der Waals surface area contributed by atoms with Crippen LogP contribution < -0.4 is 10.1 Å². The molecule has 0 unspecified atom stereocenters. The first-order valence-electron chi connectivity index (χ1n) is 8.61. The maximum atomic E-state index is 13.8. The highest BCUT2D eigenvalue weighted by molar-refractivity contribution is 5.74. The van der Waals surface area contributed by atoms with Crippen molar-refractivity contribution in [3.8, 4) is 5.75 Å². The monoisotopic (exact) mass is 358 g/mol. The number of carbonyl (C=O) groups is 1. The molecule has 1 N–H and O–H groups in total. The Morgan fingerprint density at radius 2 is 1.85 bits per heavy atom. The molecule has 2 amide bonds. The lowest BCUT2D eigenvalue weighted by Gasteiger charge is -2.27. The quantitative estimate of drug-likeness (QED) is 0.838. The summed E-state index contributed by atoms with van der Waals surface area (Å²) in [4.78, 5) is 13.9. The van der Waals surface area contributed by atoms with Crippen molar-refractivity contribution < 1.29 is 13.9 Å². The van der Waals surface area contributed by atoms with E-state index in [2.05, 4.69) is 50.4 Å². The van der Waals surface area contributed by atoms with Gasteiger partial charge in [-0.05, 0) is 30.2 Å². The van der Waals surface area contributed by atoms with Crippen LogP contribution in [0.1, 0.15) is 30.5 Å². The summed E-state index contributed by atoms with van der Waals surface area (Å²) in [5.41, 5.74) is 2.90. The molecule has 0 bridgehead atoms. The molecule has 0 aromatic heterocycles. The van der Waals surface area contributed by atoms with E-state index in [4.69, 9.17) is 4.74 Å². The Morgan fingerprint density at radius 3 is 2.42 bits per heavy atom. The molecule has 0 saturated heterocycles. The van der Waals surface area contributed by atoms with Crippen LogP contribution in [-0.4, -0.2) is 31.6 Å². The number of methoxy groups -OCH3 is 1. The van der Waals surface area contributed by atoms with Gasteiger partial charge in [-0.3, -0.25) is 0 Å². The van der Waals surface area contributed by atoms with Gasteiger partial charge in [0.25, 0.3) is 0 Å². The summed E-state index contributed by atoms with van der Waals surface area (Å²) < 4.78 is 18.7. The van der Waals surface area contributed by atoms with Crippen molar-refractivity contribution >= 4 is 6.03 Å². The number of halogens is 1. The molecule has 0 saturated carbocycles. The van der Waals surface area contributed by atoms with Gasteiger partial charge in [0.1, 0.15) is 0 Å². The molecule has 2 aromatic carbocycles. The molecule has 2 rings (SSSR count). The SMILES string of the molecule is COc1ccc(CN(C)C(=O)NCC(C)(C)c2ccc(C)cc2)cc1F. The third kappa shape index (κ3) is 4.97. The average Bonchev–Trinajstić information content (AvgIpc) is 2.60. The Morgan fingerprint density at radius 1 is 1.19 bits per heavy atom. The predicted molar refractivity (Wildman–Crippen MR) is 102 cm³/mol. The molecule has 0 aliphatic heterocycles. The van der Waals surface area contributed by atoms with E-state index in [1.54, 1.807) is 19.2 Å². The summed E-state index contributed by atoms with van der Waals surface area (Å²) in [7, 11) is 3.11. The fourth-order valence-corrected chi connectivity index (χ4v) is 2.69. The van der Waals surface area contributed by atoms with Gasteiger partial charge < -0.3 is 15.0 Å². The highest BCUT2D eigenvalue weighted by Gasteiger charge is 2.22. The minimum absolute atomic E-state index is 0.184. The Bertz CT molecular complexity index is 757. The molecule has 0 heterocycles. The van der Waals surface area contributed by atoms with Crippen LogP contribution in [0.4, 0.5) is 9.18 Å². The minimum atomic E-state index is -0.431. The van der Waals surface area contributed by atoms with E-state index < -0.39 is 5.82 Å². The van der Waals surface area contributed by atoms with Crippen molar-refractivity contribution in [3.63, 3.8) is 0 Å². The molecule has 4 nitrogen and oxygen atoms in total. The highest BCUT2D eigenvalue weighted by atomic mass is 19.1. The number of nitrogens with one attached hydrogen (secondary N) is 1. The molecule has 2 aromatic rings. The number of aryl methyl sites for hydroxylation is 1. The van der Waals surface area contributed by atoms with Crippen LogP contribution in [0.3, 0.4) is 0 Å². The first-order valence-corrected chi connectivity index (χ1v) is 8.61. The molecule has 140 valence electrons. The summed E-state index contributed by atoms with van der Waals surface area (Å²) in [5.74, 6) is -0.236. The summed E-state index contributed by atoms with van der Waals surface area (Å²) in [6.45, 7) is 7.07. The average molecular weight is 358 g/mol. The maximum absolute atomic E-state index is 13.8. The van der Waals surface area contributed by atoms with E-state index in [0.717, 1.165) is 0 Å². The summed E-state index contributed by atoms with van der Waals surface area (Å²) in [6.07, 6.45) is 0. The third-order valence-corrected chi connectivity index (χ3v) is 4.50. The van der Waals surface area contributed by atoms with Crippen LogP contribution in [0.15, 0.2) is 42.5 Å². The number of amides is 2. The highest BCUT2D eigenvalue weighted by Crippen LogP contribution is 2.23. The summed E-state index contributed by atoms with van der Waals surface area (Å²) >= 11 is 0. The van der Waals surface area contributed by atoms with Gasteiger partial charge in [0, 0.05) is 25.6 Å². The molecule has 0 aliphatic carbocycles. The second kappa shape index (κ2) is 8.21. The van der Waals surface area contributed by atoms with Gasteiger partial charge in [-0.25, -0.2) is 9.18 Å². The van der Waals surface area contributed by atoms with E-state index in [9.17, 15) is 9.18 Å². The second-order valence-electron chi connectivity index (χ2n) is 7.23. The third-order valence-electron chi connectivity index (χ3n) is 4.50. The van der Waals surface area contributed by atoms with E-state index >= 15 is 0 Å². The zero-order valence-electron chi connectivity index (χ0n) is 16.1. The van der Waals surface area contributed by atoms with Crippen LogP contribution >= 0.6 is 0 Å². The van der Waals surface area contributed by atoms with Crippen molar-refractivity contribution in [3.05, 3.63) is 65.0 Å². The summed E-state index contributed by atoms with van der Waals surface area (Å²) in [5, 5.41) is 2.96. The first-order chi connectivity index (χ1) is 12.2. The predicted octanol–water partition coefficient (Wildman–Crippen LogP) is 4.26. The minimum Gasteiger partial charge on any atom is -0.494 e. The summed E-state index contributed by atoms with van der Waals surface area (Å²) in [6, 6.07) is 12.8. The van der Waals surface area contributed by atoms with Gasteiger partial charge in [-0.2, -0.15) is 0 Å². The fraction of sp³-hybridized carbons (Fsp3) is 0.381. The Kier molecular flexibility index (Phi) is 6.24. The van der Waals surface area contributed by atoms with Crippen molar-refractivity contribution in [1.29, 1.82) is 0 Å². The normalized spacial score (nSPS) is 11.2. The standard InChI is InChI=1S/C21H27FN2O2/c1-15-6-9-17(10-7-15)21(2,3)14-23-20(25)24(4)13-16-8-11-19(26-5)18(22)12-16/h6-12H,13-14H2,1-5H3,(H,23,25). The lowest BCUT2D eigenvalue weighted by atomic mass is 9.84. The van der Waals surface area contributed by atoms with Gasteiger partial charge in [-0.1, -0.05) is 49.7 Å². The van der Waals surface area contributed by atoms with Crippen molar-refractivity contribution in [2.75, 3.05) is 20.7 Å². The van der Waals surface area contributed by atoms with Crippen molar-refractivity contribution in [2.45, 2.75) is 32.7 Å². The molecular weight excluding hydrogens is 331 g/mol. The maximum Gasteiger partial charge on any atom is 0.317 e. The second-order valence-corrected chi connectivity index (χ2v) is 7.23. The number of hydrogen-bond acceptors (Lipinski definition) is 2. The molecule has 0 atom stereocenters. The molecule has 0 spiro atoms. The van der Waals surface area contributed by atoms with Crippen LogP contribution in [0.5, 0.6) is 5.75 Å². The van der Waals surface area contributed by atoms with E-state index in [1.165, 1.54) is 29.2 Å². The van der Waals surface area contributed by atoms with Gasteiger partial charge in [-0.15, -0.1) is 0 Å². The van der Waals surface area contributed by atoms with Crippen molar-refractivity contribution in [2.24, 2.45) is 0 Å². The van der Waals surface area contributed by atoms with Crippen LogP contribution in [0.2, 0.25) is 0 Å². The zero-order chi connectivity index (χ0) is 19.3. The topological polar surface area (TPSA) is 41.6 Å². The lowest BCUT2D eigenvalue weighted by molar-refractivity contribution is 0.204. The van der Waals surface area contributed by atoms with Crippen LogP contribution in [0, 0.1) is 12.7 Å². The number of carbonyl (C=O) groups excluding carboxylic acids is 1. The van der Waals surface area contributed by atoms with Gasteiger partial charge >= 0.3 is 6.03 Å². The molecular formula is C21H27FN2O2. The lowest BCUT2D eigenvalue weighted by Crippen LogP contribution is -2.42. The van der Waals surface area contributed by atoms with Crippen LogP contribution in [-0.2, 0) is 12.0 Å². The van der Waals surface area contributed by atoms with Crippen LogP contribution in [0.25, 0.3) is 0 Å². The van der Waals surface area contributed by atoms with Gasteiger partial charge in [0.15, 0.2) is 11.6 Å². The zero-order valence-corrected chi connectivity index (χ0v) is 16.1. The molecule has 5 heteroatoms. The fourth-order valence-electron chi connectivity index (χ4n) is 2.69. The number of nitrogens with zero attached hydrogens (tertiary/aromatic N) is 1. The number of rotatable bonds is 6. The van der Waals surface area contributed by atoms with Gasteiger partial charge in [0.2, 0.25) is 0 Å². The smallest absolute Gasteiger partial charge is 0.317 e. The Labute approximate surface area is 155 Å². The number of benzene rings is 2. The van der Waals surface area contributed by atoms with E-state index in [-0.39, 0.29) is 17.2 Å². The largest absolute Gasteiger partial charge is 0.494 e. The van der Waals surface area contributed by atoms with Crippen molar-refractivity contribution in [1.82, 2.24) is 10.2 Å². The molecule has 0 radical (unpaired) electrons. The number of urea groups is 1. The Hall–Kier alpha value is -2.56. The van der Waals surface area contributed by atoms with E-state index in [0.29, 0.717) is 18.7 Å². The molecule has 26 heavy (non-hydrogen) atoms. The molecule has 0 fully saturated rings. The molecule has 0 aliphatic rings. The first kappa shape index (κ1) is 19.8. The Balaban J connectivity index is 1.94. The number of ether oxygens (including phenoxy) is 1.